The normalized spacial score (nSPS) is 9.83. The summed E-state index contributed by atoms with van der Waals surface area (Å²) in [7, 11) is 0. The Morgan fingerprint density at radius 3 is 2.61 bits per heavy atom. The van der Waals surface area contributed by atoms with Crippen LogP contribution < -0.4 is 5.32 Å². The molecule has 1 aromatic carbocycles. The predicted molar refractivity (Wildman–Crippen MR) is 69.3 cm³/mol. The summed E-state index contributed by atoms with van der Waals surface area (Å²) in [6, 6.07) is 8.91. The van der Waals surface area contributed by atoms with Crippen LogP contribution >= 0.6 is 0 Å². The number of amides is 1. The van der Waals surface area contributed by atoms with Crippen molar-refractivity contribution < 1.29 is 14.3 Å². The highest BCUT2D eigenvalue weighted by Crippen LogP contribution is 1.98. The largest absolute Gasteiger partial charge is 0.466 e. The van der Waals surface area contributed by atoms with Gasteiger partial charge in [-0.1, -0.05) is 31.5 Å². The zero-order valence-electron chi connectivity index (χ0n) is 10.6. The number of ether oxygens (including phenoxy) is 1. The van der Waals surface area contributed by atoms with Gasteiger partial charge in [-0.2, -0.15) is 0 Å². The molecule has 1 rings (SSSR count). The molecule has 0 radical (unpaired) electrons. The number of hydrogen-bond donors (Lipinski definition) is 1. The number of carbonyl (C=O) groups excluding carboxylic acids is 2. The molecule has 0 aliphatic rings. The van der Waals surface area contributed by atoms with Gasteiger partial charge < -0.3 is 10.1 Å². The zero-order chi connectivity index (χ0) is 13.2. The molecule has 0 heterocycles. The molecule has 0 aliphatic carbocycles. The van der Waals surface area contributed by atoms with Gasteiger partial charge >= 0.3 is 5.97 Å². The van der Waals surface area contributed by atoms with Crippen molar-refractivity contribution in [3.63, 3.8) is 0 Å². The first kappa shape index (κ1) is 14.2. The molecule has 0 aromatic heterocycles. The van der Waals surface area contributed by atoms with Crippen LogP contribution in [0, 0.1) is 0 Å². The Kier molecular flexibility index (Phi) is 6.54. The molecule has 4 nitrogen and oxygen atoms in total. The average Bonchev–Trinajstić information content (AvgIpc) is 2.40. The predicted octanol–water partition coefficient (Wildman–Crippen LogP) is 2.15. The van der Waals surface area contributed by atoms with E-state index in [1.54, 1.807) is 24.3 Å². The average molecular weight is 249 g/mol. The third-order valence-electron chi connectivity index (χ3n) is 2.41. The lowest BCUT2D eigenvalue weighted by Gasteiger charge is -2.05. The van der Waals surface area contributed by atoms with Gasteiger partial charge in [0.25, 0.3) is 5.91 Å². The van der Waals surface area contributed by atoms with Gasteiger partial charge in [0, 0.05) is 12.1 Å². The number of esters is 1. The van der Waals surface area contributed by atoms with E-state index in [-0.39, 0.29) is 18.3 Å². The molecular weight excluding hydrogens is 230 g/mol. The first-order valence-corrected chi connectivity index (χ1v) is 6.23. The van der Waals surface area contributed by atoms with Crippen molar-refractivity contribution in [2.75, 3.05) is 13.2 Å². The van der Waals surface area contributed by atoms with E-state index in [9.17, 15) is 9.59 Å². The quantitative estimate of drug-likeness (QED) is 0.595. The minimum atomic E-state index is -0.267. The maximum atomic E-state index is 11.6. The molecule has 0 bridgehead atoms. The number of hydrogen-bond acceptors (Lipinski definition) is 3. The molecule has 1 N–H and O–H groups in total. The van der Waals surface area contributed by atoms with Crippen molar-refractivity contribution in [3.05, 3.63) is 35.9 Å². The molecule has 18 heavy (non-hydrogen) atoms. The minimum absolute atomic E-state index is 0.169. The van der Waals surface area contributed by atoms with E-state index >= 15 is 0 Å². The summed E-state index contributed by atoms with van der Waals surface area (Å²) in [4.78, 5) is 22.9. The van der Waals surface area contributed by atoms with Crippen LogP contribution in [0.2, 0.25) is 0 Å². The molecule has 0 saturated carbocycles. The molecule has 0 spiro atoms. The number of carbonyl (C=O) groups is 2. The second-order valence-corrected chi connectivity index (χ2v) is 3.95. The van der Waals surface area contributed by atoms with Gasteiger partial charge in [0.15, 0.2) is 0 Å². The van der Waals surface area contributed by atoms with Crippen molar-refractivity contribution in [1.82, 2.24) is 5.32 Å². The second kappa shape index (κ2) is 8.28. The van der Waals surface area contributed by atoms with Crippen LogP contribution in [0.25, 0.3) is 0 Å². The van der Waals surface area contributed by atoms with E-state index in [1.165, 1.54) is 0 Å². The Bertz CT molecular complexity index is 376. The van der Waals surface area contributed by atoms with E-state index < -0.39 is 0 Å². The standard InChI is InChI=1S/C14H19NO3/c1-2-3-11-18-13(16)9-10-15-14(17)12-7-5-4-6-8-12/h4-8H,2-3,9-11H2,1H3,(H,15,17). The molecule has 98 valence electrons. The van der Waals surface area contributed by atoms with Crippen molar-refractivity contribution in [2.45, 2.75) is 26.2 Å². The van der Waals surface area contributed by atoms with Crippen molar-refractivity contribution >= 4 is 11.9 Å². The molecule has 0 aliphatic heterocycles. The molecule has 4 heteroatoms. The summed E-state index contributed by atoms with van der Waals surface area (Å²) in [6.07, 6.45) is 2.09. The van der Waals surface area contributed by atoms with Crippen LogP contribution in [0.15, 0.2) is 30.3 Å². The van der Waals surface area contributed by atoms with E-state index in [2.05, 4.69) is 5.32 Å². The zero-order valence-corrected chi connectivity index (χ0v) is 10.6. The lowest BCUT2D eigenvalue weighted by Crippen LogP contribution is -2.26. The van der Waals surface area contributed by atoms with Crippen LogP contribution in [0.1, 0.15) is 36.5 Å². The van der Waals surface area contributed by atoms with Crippen LogP contribution in [0.4, 0.5) is 0 Å². The Morgan fingerprint density at radius 2 is 1.94 bits per heavy atom. The number of unbranched alkanes of at least 4 members (excludes halogenated alkanes) is 1. The third-order valence-corrected chi connectivity index (χ3v) is 2.41. The second-order valence-electron chi connectivity index (χ2n) is 3.95. The molecular formula is C14H19NO3. The topological polar surface area (TPSA) is 55.4 Å². The van der Waals surface area contributed by atoms with Crippen molar-refractivity contribution in [2.24, 2.45) is 0 Å². The van der Waals surface area contributed by atoms with Gasteiger partial charge in [0.05, 0.1) is 13.0 Å². The fraction of sp³-hybridized carbons (Fsp3) is 0.429. The van der Waals surface area contributed by atoms with Gasteiger partial charge in [-0.25, -0.2) is 0 Å². The summed E-state index contributed by atoms with van der Waals surface area (Å²) in [6.45, 7) is 2.80. The van der Waals surface area contributed by atoms with E-state index in [1.807, 2.05) is 13.0 Å². The Hall–Kier alpha value is -1.84. The fourth-order valence-corrected chi connectivity index (χ4v) is 1.37. The van der Waals surface area contributed by atoms with E-state index in [0.29, 0.717) is 18.7 Å². The summed E-state index contributed by atoms with van der Waals surface area (Å²) < 4.78 is 4.98. The van der Waals surface area contributed by atoms with Crippen LogP contribution in [-0.4, -0.2) is 25.0 Å². The van der Waals surface area contributed by atoms with Gasteiger partial charge in [0.2, 0.25) is 0 Å². The minimum Gasteiger partial charge on any atom is -0.466 e. The highest BCUT2D eigenvalue weighted by Gasteiger charge is 2.06. The first-order chi connectivity index (χ1) is 8.74. The summed E-state index contributed by atoms with van der Waals surface area (Å²) in [5.41, 5.74) is 0.594. The molecule has 0 saturated heterocycles. The third kappa shape index (κ3) is 5.48. The van der Waals surface area contributed by atoms with Crippen LogP contribution in [0.3, 0.4) is 0 Å². The van der Waals surface area contributed by atoms with E-state index in [0.717, 1.165) is 12.8 Å². The summed E-state index contributed by atoms with van der Waals surface area (Å²) >= 11 is 0. The maximum absolute atomic E-state index is 11.6. The van der Waals surface area contributed by atoms with Gasteiger partial charge in [0.1, 0.15) is 0 Å². The number of nitrogens with one attached hydrogen (secondary N) is 1. The number of benzene rings is 1. The summed E-state index contributed by atoms with van der Waals surface area (Å²) in [5, 5.41) is 2.68. The molecule has 0 atom stereocenters. The first-order valence-electron chi connectivity index (χ1n) is 6.23. The van der Waals surface area contributed by atoms with Crippen molar-refractivity contribution in [1.29, 1.82) is 0 Å². The monoisotopic (exact) mass is 249 g/mol. The Morgan fingerprint density at radius 1 is 1.22 bits per heavy atom. The van der Waals surface area contributed by atoms with Crippen LogP contribution in [-0.2, 0) is 9.53 Å². The molecule has 1 aromatic rings. The van der Waals surface area contributed by atoms with E-state index in [4.69, 9.17) is 4.74 Å². The molecule has 0 unspecified atom stereocenters. The molecule has 1 amide bonds. The molecule has 0 fully saturated rings. The van der Waals surface area contributed by atoms with Crippen molar-refractivity contribution in [3.8, 4) is 0 Å². The SMILES string of the molecule is CCCCOC(=O)CCNC(=O)c1ccccc1. The number of rotatable bonds is 7. The lowest BCUT2D eigenvalue weighted by molar-refractivity contribution is -0.143. The van der Waals surface area contributed by atoms with Gasteiger partial charge in [-0.05, 0) is 18.6 Å². The maximum Gasteiger partial charge on any atom is 0.307 e. The highest BCUT2D eigenvalue weighted by atomic mass is 16.5. The van der Waals surface area contributed by atoms with Gasteiger partial charge in [-0.15, -0.1) is 0 Å². The smallest absolute Gasteiger partial charge is 0.307 e. The fourth-order valence-electron chi connectivity index (χ4n) is 1.37. The van der Waals surface area contributed by atoms with Crippen LogP contribution in [0.5, 0.6) is 0 Å². The lowest BCUT2D eigenvalue weighted by atomic mass is 10.2. The summed E-state index contributed by atoms with van der Waals surface area (Å²) in [5.74, 6) is -0.436. The highest BCUT2D eigenvalue weighted by molar-refractivity contribution is 5.94. The Balaban J connectivity index is 2.18. The van der Waals surface area contributed by atoms with Gasteiger partial charge in [-0.3, -0.25) is 9.59 Å². The Labute approximate surface area is 107 Å².